The molecule has 1 unspecified atom stereocenters. The lowest BCUT2D eigenvalue weighted by atomic mass is 9.85. The molecule has 1 saturated heterocycles. The van der Waals surface area contributed by atoms with Gasteiger partial charge in [0, 0.05) is 26.2 Å². The van der Waals surface area contributed by atoms with Crippen molar-refractivity contribution in [2.75, 3.05) is 32.7 Å². The van der Waals surface area contributed by atoms with Gasteiger partial charge in [-0.2, -0.15) is 13.2 Å². The van der Waals surface area contributed by atoms with E-state index in [2.05, 4.69) is 10.6 Å². The maximum Gasteiger partial charge on any atom is 0.404 e. The Morgan fingerprint density at radius 1 is 1.19 bits per heavy atom. The van der Waals surface area contributed by atoms with Crippen LogP contribution in [0.4, 0.5) is 13.2 Å². The lowest BCUT2D eigenvalue weighted by Gasteiger charge is -2.30. The second-order valence-electron chi connectivity index (χ2n) is 6.53. The van der Waals surface area contributed by atoms with Crippen molar-refractivity contribution in [2.24, 2.45) is 5.41 Å². The summed E-state index contributed by atoms with van der Waals surface area (Å²) in [4.78, 5) is 14.1. The van der Waals surface area contributed by atoms with E-state index in [0.717, 1.165) is 18.5 Å². The van der Waals surface area contributed by atoms with Gasteiger partial charge in [-0.15, -0.1) is 12.4 Å². The van der Waals surface area contributed by atoms with Gasteiger partial charge < -0.3 is 10.6 Å². The Morgan fingerprint density at radius 3 is 2.50 bits per heavy atom. The van der Waals surface area contributed by atoms with Crippen LogP contribution >= 0.6 is 12.4 Å². The van der Waals surface area contributed by atoms with E-state index < -0.39 is 17.5 Å². The number of nitrogens with one attached hydrogen (secondary N) is 2. The fourth-order valence-electron chi connectivity index (χ4n) is 3.15. The normalized spacial score (nSPS) is 20.6. The molecule has 1 aliphatic heterocycles. The Hall–Kier alpha value is -1.31. The summed E-state index contributed by atoms with van der Waals surface area (Å²) in [6.45, 7) is 3.85. The first-order valence-electron chi connectivity index (χ1n) is 8.71. The van der Waals surface area contributed by atoms with Gasteiger partial charge in [0.1, 0.15) is 0 Å². The van der Waals surface area contributed by atoms with Gasteiger partial charge in [-0.1, -0.05) is 37.3 Å². The van der Waals surface area contributed by atoms with E-state index in [0.29, 0.717) is 13.1 Å². The minimum Gasteiger partial charge on any atom is -0.354 e. The Labute approximate surface area is 158 Å². The molecule has 1 aromatic rings. The van der Waals surface area contributed by atoms with Crippen LogP contribution in [0.2, 0.25) is 0 Å². The van der Waals surface area contributed by atoms with Crippen LogP contribution in [0.15, 0.2) is 30.3 Å². The van der Waals surface area contributed by atoms with Gasteiger partial charge in [0.2, 0.25) is 5.91 Å². The van der Waals surface area contributed by atoms with Crippen LogP contribution in [0.3, 0.4) is 0 Å². The summed E-state index contributed by atoms with van der Waals surface area (Å²) in [6.07, 6.45) is -3.81. The van der Waals surface area contributed by atoms with Crippen molar-refractivity contribution < 1.29 is 18.0 Å². The molecular formula is C18H27ClF3N3O. The lowest BCUT2D eigenvalue weighted by Crippen LogP contribution is -2.53. The molecule has 4 nitrogen and oxygen atoms in total. The zero-order valence-corrected chi connectivity index (χ0v) is 15.8. The van der Waals surface area contributed by atoms with Crippen molar-refractivity contribution in [3.63, 3.8) is 0 Å². The molecule has 1 amide bonds. The predicted molar refractivity (Wildman–Crippen MR) is 98.2 cm³/mol. The Bertz CT molecular complexity index is 556. The molecule has 2 N–H and O–H groups in total. The molecule has 8 heteroatoms. The molecule has 0 spiro atoms. The third-order valence-corrected chi connectivity index (χ3v) is 4.59. The maximum absolute atomic E-state index is 13.7. The van der Waals surface area contributed by atoms with Crippen LogP contribution < -0.4 is 10.6 Å². The summed E-state index contributed by atoms with van der Waals surface area (Å²) in [5.41, 5.74) is -1.36. The molecule has 0 bridgehead atoms. The quantitative estimate of drug-likeness (QED) is 0.667. The number of hydrogen-bond acceptors (Lipinski definition) is 3. The van der Waals surface area contributed by atoms with E-state index in [9.17, 15) is 18.0 Å². The predicted octanol–water partition coefficient (Wildman–Crippen LogP) is 2.98. The highest BCUT2D eigenvalue weighted by Gasteiger charge is 2.62. The molecule has 0 saturated carbocycles. The minimum absolute atomic E-state index is 0. The van der Waals surface area contributed by atoms with Gasteiger partial charge in [0.05, 0.1) is 0 Å². The van der Waals surface area contributed by atoms with Gasteiger partial charge in [-0.3, -0.25) is 9.69 Å². The average molecular weight is 394 g/mol. The minimum atomic E-state index is -4.56. The van der Waals surface area contributed by atoms with E-state index in [-0.39, 0.29) is 38.5 Å². The Kier molecular flexibility index (Phi) is 8.86. The molecular weight excluding hydrogens is 367 g/mol. The van der Waals surface area contributed by atoms with Gasteiger partial charge in [-0.25, -0.2) is 0 Å². The summed E-state index contributed by atoms with van der Waals surface area (Å²) in [6, 6.07) is 9.35. The molecule has 2 rings (SSSR count). The summed E-state index contributed by atoms with van der Waals surface area (Å²) in [7, 11) is 0. The first-order valence-corrected chi connectivity index (χ1v) is 8.71. The topological polar surface area (TPSA) is 44.4 Å². The molecule has 1 heterocycles. The van der Waals surface area contributed by atoms with Crippen molar-refractivity contribution >= 4 is 18.3 Å². The summed E-state index contributed by atoms with van der Waals surface area (Å²) in [5.74, 6) is -0.908. The van der Waals surface area contributed by atoms with Gasteiger partial charge in [0.15, 0.2) is 5.41 Å². The van der Waals surface area contributed by atoms with Crippen LogP contribution in [0.5, 0.6) is 0 Å². The van der Waals surface area contributed by atoms with Crippen molar-refractivity contribution in [1.82, 2.24) is 15.5 Å². The van der Waals surface area contributed by atoms with Crippen molar-refractivity contribution in [2.45, 2.75) is 32.5 Å². The highest BCUT2D eigenvalue weighted by atomic mass is 35.5. The highest BCUT2D eigenvalue weighted by Crippen LogP contribution is 2.46. The molecule has 1 atom stereocenters. The molecule has 0 aromatic heterocycles. The van der Waals surface area contributed by atoms with Crippen LogP contribution in [-0.4, -0.2) is 49.7 Å². The monoisotopic (exact) mass is 393 g/mol. The van der Waals surface area contributed by atoms with Crippen molar-refractivity contribution in [3.8, 4) is 0 Å². The second-order valence-corrected chi connectivity index (χ2v) is 6.53. The number of nitrogens with zero attached hydrogens (tertiary/aromatic N) is 1. The number of halogens is 4. The first kappa shape index (κ1) is 22.7. The van der Waals surface area contributed by atoms with Crippen LogP contribution in [0, 0.1) is 5.41 Å². The molecule has 0 radical (unpaired) electrons. The van der Waals surface area contributed by atoms with Gasteiger partial charge in [-0.05, 0) is 31.5 Å². The van der Waals surface area contributed by atoms with E-state index in [1.165, 1.54) is 0 Å². The number of rotatable bonds is 8. The highest BCUT2D eigenvalue weighted by molar-refractivity contribution is 5.85. The smallest absolute Gasteiger partial charge is 0.354 e. The largest absolute Gasteiger partial charge is 0.404 e. The Balaban J connectivity index is 0.00000338. The van der Waals surface area contributed by atoms with Crippen molar-refractivity contribution in [1.29, 1.82) is 0 Å². The number of likely N-dealkylation sites (tertiary alicyclic amines) is 1. The molecule has 0 aliphatic carbocycles. The van der Waals surface area contributed by atoms with E-state index in [4.69, 9.17) is 0 Å². The van der Waals surface area contributed by atoms with Crippen LogP contribution in [-0.2, 0) is 11.3 Å². The zero-order chi connectivity index (χ0) is 18.3. The third kappa shape index (κ3) is 5.59. The SMILES string of the molecule is CCCNCCNC(=O)C1(C(F)(F)F)CCN(Cc2ccccc2)C1.Cl. The standard InChI is InChI=1S/C18H26F3N3O.ClH/c1-2-9-22-10-11-23-16(25)17(18(19,20)21)8-12-24(14-17)13-15-6-4-3-5-7-15;/h3-7,22H,2,8-14H2,1H3,(H,23,25);1H. The lowest BCUT2D eigenvalue weighted by molar-refractivity contribution is -0.218. The van der Waals surface area contributed by atoms with Crippen LogP contribution in [0.25, 0.3) is 0 Å². The molecule has 26 heavy (non-hydrogen) atoms. The fourth-order valence-corrected chi connectivity index (χ4v) is 3.15. The number of carbonyl (C=O) groups excluding carboxylic acids is 1. The summed E-state index contributed by atoms with van der Waals surface area (Å²) < 4.78 is 41.1. The van der Waals surface area contributed by atoms with Gasteiger partial charge >= 0.3 is 6.18 Å². The number of hydrogen-bond donors (Lipinski definition) is 2. The van der Waals surface area contributed by atoms with Crippen LogP contribution in [0.1, 0.15) is 25.3 Å². The van der Waals surface area contributed by atoms with Crippen molar-refractivity contribution in [3.05, 3.63) is 35.9 Å². The second kappa shape index (κ2) is 10.1. The maximum atomic E-state index is 13.7. The molecule has 1 fully saturated rings. The molecule has 1 aliphatic rings. The number of alkyl halides is 3. The number of benzene rings is 1. The van der Waals surface area contributed by atoms with E-state index >= 15 is 0 Å². The zero-order valence-electron chi connectivity index (χ0n) is 14.9. The molecule has 148 valence electrons. The first-order chi connectivity index (χ1) is 11.9. The third-order valence-electron chi connectivity index (χ3n) is 4.59. The summed E-state index contributed by atoms with van der Waals surface area (Å²) in [5, 5.41) is 5.53. The van der Waals surface area contributed by atoms with E-state index in [1.807, 2.05) is 37.3 Å². The fraction of sp³-hybridized carbons (Fsp3) is 0.611. The van der Waals surface area contributed by atoms with E-state index in [1.54, 1.807) is 4.90 Å². The molecule has 1 aromatic carbocycles. The Morgan fingerprint density at radius 2 is 1.88 bits per heavy atom. The average Bonchev–Trinajstić information content (AvgIpc) is 3.00. The summed E-state index contributed by atoms with van der Waals surface area (Å²) >= 11 is 0. The number of amides is 1. The van der Waals surface area contributed by atoms with Gasteiger partial charge in [0.25, 0.3) is 0 Å². The number of carbonyl (C=O) groups is 1.